The first kappa shape index (κ1) is 12.0. The van der Waals surface area contributed by atoms with Gasteiger partial charge in [0.25, 0.3) is 0 Å². The molecule has 1 aliphatic rings. The van der Waals surface area contributed by atoms with Gasteiger partial charge in [0.05, 0.1) is 17.4 Å². The minimum absolute atomic E-state index is 0.0599. The van der Waals surface area contributed by atoms with E-state index in [2.05, 4.69) is 4.98 Å². The van der Waals surface area contributed by atoms with Gasteiger partial charge in [-0.25, -0.2) is 4.79 Å². The van der Waals surface area contributed by atoms with Gasteiger partial charge in [-0.15, -0.1) is 0 Å². The van der Waals surface area contributed by atoms with E-state index in [4.69, 9.17) is 9.47 Å². The second-order valence-electron chi connectivity index (χ2n) is 4.22. The van der Waals surface area contributed by atoms with Gasteiger partial charge in [0.15, 0.2) is 0 Å². The quantitative estimate of drug-likeness (QED) is 0.753. The number of hydrogen-bond acceptors (Lipinski definition) is 4. The van der Waals surface area contributed by atoms with Gasteiger partial charge >= 0.3 is 5.97 Å². The predicted molar refractivity (Wildman–Crippen MR) is 62.8 cm³/mol. The Morgan fingerprint density at radius 2 is 2.47 bits per heavy atom. The maximum atomic E-state index is 11.8. The highest BCUT2D eigenvalue weighted by Gasteiger charge is 2.17. The van der Waals surface area contributed by atoms with Crippen LogP contribution in [0.15, 0.2) is 18.3 Å². The molecule has 1 aromatic heterocycles. The van der Waals surface area contributed by atoms with Crippen LogP contribution in [0.3, 0.4) is 0 Å². The molecular formula is C13H17NO3. The van der Waals surface area contributed by atoms with Crippen LogP contribution in [0.25, 0.3) is 0 Å². The molecule has 0 saturated carbocycles. The highest BCUT2D eigenvalue weighted by atomic mass is 16.6. The summed E-state index contributed by atoms with van der Waals surface area (Å²) in [6.45, 7) is 2.91. The van der Waals surface area contributed by atoms with E-state index in [0.717, 1.165) is 25.9 Å². The standard InChI is InChI=1S/C13H17NO3/c1-10-12(6-4-7-14-10)13(15)17-9-11-5-2-3-8-16-11/h4,6-7,11H,2-3,5,8-9H2,1H3/t11-/m1/s1. The van der Waals surface area contributed by atoms with E-state index in [1.165, 1.54) is 0 Å². The molecule has 1 aromatic rings. The molecule has 0 spiro atoms. The van der Waals surface area contributed by atoms with Crippen LogP contribution in [0.2, 0.25) is 0 Å². The Morgan fingerprint density at radius 1 is 1.59 bits per heavy atom. The molecule has 17 heavy (non-hydrogen) atoms. The molecule has 1 atom stereocenters. The number of esters is 1. The van der Waals surface area contributed by atoms with E-state index in [-0.39, 0.29) is 12.1 Å². The molecule has 0 N–H and O–H groups in total. The lowest BCUT2D eigenvalue weighted by molar-refractivity contribution is -0.0300. The zero-order valence-corrected chi connectivity index (χ0v) is 10.0. The monoisotopic (exact) mass is 235 g/mol. The minimum Gasteiger partial charge on any atom is -0.459 e. The normalized spacial score (nSPS) is 19.9. The Bertz CT molecular complexity index is 386. The maximum Gasteiger partial charge on any atom is 0.340 e. The summed E-state index contributed by atoms with van der Waals surface area (Å²) in [5.74, 6) is -0.315. The molecule has 0 aliphatic carbocycles. The molecule has 1 aliphatic heterocycles. The van der Waals surface area contributed by atoms with Gasteiger partial charge in [0.2, 0.25) is 0 Å². The molecule has 0 unspecified atom stereocenters. The summed E-state index contributed by atoms with van der Waals surface area (Å²) < 4.78 is 10.7. The van der Waals surface area contributed by atoms with Crippen LogP contribution in [0.5, 0.6) is 0 Å². The van der Waals surface area contributed by atoms with Gasteiger partial charge in [0, 0.05) is 12.8 Å². The minimum atomic E-state index is -0.315. The lowest BCUT2D eigenvalue weighted by atomic mass is 10.1. The number of hydrogen-bond donors (Lipinski definition) is 0. The average molecular weight is 235 g/mol. The van der Waals surface area contributed by atoms with Crippen molar-refractivity contribution in [1.29, 1.82) is 0 Å². The van der Waals surface area contributed by atoms with Crippen molar-refractivity contribution in [2.75, 3.05) is 13.2 Å². The van der Waals surface area contributed by atoms with E-state index in [0.29, 0.717) is 17.9 Å². The van der Waals surface area contributed by atoms with Crippen molar-refractivity contribution in [3.63, 3.8) is 0 Å². The number of rotatable bonds is 3. The van der Waals surface area contributed by atoms with Gasteiger partial charge in [-0.1, -0.05) is 0 Å². The van der Waals surface area contributed by atoms with Crippen LogP contribution >= 0.6 is 0 Å². The van der Waals surface area contributed by atoms with E-state index in [9.17, 15) is 4.79 Å². The van der Waals surface area contributed by atoms with Gasteiger partial charge in [-0.2, -0.15) is 0 Å². The summed E-state index contributed by atoms with van der Waals surface area (Å²) in [5.41, 5.74) is 1.23. The molecule has 4 nitrogen and oxygen atoms in total. The molecule has 0 radical (unpaired) electrons. The third kappa shape index (κ3) is 3.27. The van der Waals surface area contributed by atoms with E-state index >= 15 is 0 Å². The van der Waals surface area contributed by atoms with Crippen molar-refractivity contribution in [2.45, 2.75) is 32.3 Å². The Balaban J connectivity index is 1.87. The average Bonchev–Trinajstić information content (AvgIpc) is 2.38. The predicted octanol–water partition coefficient (Wildman–Crippen LogP) is 2.12. The smallest absolute Gasteiger partial charge is 0.340 e. The van der Waals surface area contributed by atoms with Crippen molar-refractivity contribution in [3.8, 4) is 0 Å². The zero-order chi connectivity index (χ0) is 12.1. The molecule has 92 valence electrons. The van der Waals surface area contributed by atoms with Crippen molar-refractivity contribution < 1.29 is 14.3 Å². The van der Waals surface area contributed by atoms with E-state index in [1.807, 2.05) is 0 Å². The van der Waals surface area contributed by atoms with Crippen molar-refractivity contribution >= 4 is 5.97 Å². The van der Waals surface area contributed by atoms with Crippen LogP contribution < -0.4 is 0 Å². The van der Waals surface area contributed by atoms with Crippen molar-refractivity contribution in [1.82, 2.24) is 4.98 Å². The molecule has 0 amide bonds. The highest BCUT2D eigenvalue weighted by Crippen LogP contribution is 2.14. The Kier molecular flexibility index (Phi) is 4.09. The molecule has 2 heterocycles. The first-order valence-corrected chi connectivity index (χ1v) is 5.97. The Labute approximate surface area is 101 Å². The SMILES string of the molecule is Cc1ncccc1C(=O)OC[C@H]1CCCCO1. The molecule has 2 rings (SSSR count). The molecular weight excluding hydrogens is 218 g/mol. The van der Waals surface area contributed by atoms with Crippen molar-refractivity contribution in [3.05, 3.63) is 29.6 Å². The molecule has 0 aromatic carbocycles. The third-order valence-electron chi connectivity index (χ3n) is 2.90. The van der Waals surface area contributed by atoms with Crippen LogP contribution in [-0.4, -0.2) is 30.3 Å². The summed E-state index contributed by atoms with van der Waals surface area (Å²) in [4.78, 5) is 15.9. The molecule has 4 heteroatoms. The van der Waals surface area contributed by atoms with Crippen LogP contribution in [-0.2, 0) is 9.47 Å². The summed E-state index contributed by atoms with van der Waals surface area (Å²) >= 11 is 0. The van der Waals surface area contributed by atoms with Gasteiger partial charge in [-0.05, 0) is 38.3 Å². The largest absolute Gasteiger partial charge is 0.459 e. The number of pyridine rings is 1. The third-order valence-corrected chi connectivity index (χ3v) is 2.90. The first-order chi connectivity index (χ1) is 8.27. The number of ether oxygens (including phenoxy) is 2. The molecule has 0 bridgehead atoms. The van der Waals surface area contributed by atoms with E-state index < -0.39 is 0 Å². The Hall–Kier alpha value is -1.42. The van der Waals surface area contributed by atoms with Crippen molar-refractivity contribution in [2.24, 2.45) is 0 Å². The number of nitrogens with zero attached hydrogens (tertiary/aromatic N) is 1. The Morgan fingerprint density at radius 3 is 3.18 bits per heavy atom. The molecule has 1 fully saturated rings. The summed E-state index contributed by atoms with van der Waals surface area (Å²) in [5, 5.41) is 0. The van der Waals surface area contributed by atoms with E-state index in [1.54, 1.807) is 25.3 Å². The second-order valence-corrected chi connectivity index (χ2v) is 4.22. The van der Waals surface area contributed by atoms with Crippen LogP contribution in [0.1, 0.15) is 35.3 Å². The first-order valence-electron chi connectivity index (χ1n) is 5.97. The number of aromatic nitrogens is 1. The number of aryl methyl sites for hydroxylation is 1. The maximum absolute atomic E-state index is 11.8. The fraction of sp³-hybridized carbons (Fsp3) is 0.538. The number of carbonyl (C=O) groups is 1. The lowest BCUT2D eigenvalue weighted by Gasteiger charge is -2.22. The van der Waals surface area contributed by atoms with Gasteiger partial charge in [-0.3, -0.25) is 4.98 Å². The van der Waals surface area contributed by atoms with Gasteiger partial charge < -0.3 is 9.47 Å². The second kappa shape index (κ2) is 5.77. The lowest BCUT2D eigenvalue weighted by Crippen LogP contribution is -2.26. The highest BCUT2D eigenvalue weighted by molar-refractivity contribution is 5.90. The summed E-state index contributed by atoms with van der Waals surface area (Å²) in [6, 6.07) is 3.47. The fourth-order valence-electron chi connectivity index (χ4n) is 1.89. The van der Waals surface area contributed by atoms with Crippen LogP contribution in [0, 0.1) is 6.92 Å². The zero-order valence-electron chi connectivity index (χ0n) is 10.0. The number of carbonyl (C=O) groups excluding carboxylic acids is 1. The molecule has 1 saturated heterocycles. The van der Waals surface area contributed by atoms with Crippen LogP contribution in [0.4, 0.5) is 0 Å². The van der Waals surface area contributed by atoms with Gasteiger partial charge in [0.1, 0.15) is 6.61 Å². The topological polar surface area (TPSA) is 48.4 Å². The fourth-order valence-corrected chi connectivity index (χ4v) is 1.89. The summed E-state index contributed by atoms with van der Waals surface area (Å²) in [6.07, 6.45) is 4.94. The summed E-state index contributed by atoms with van der Waals surface area (Å²) in [7, 11) is 0.